The topological polar surface area (TPSA) is 27.0 Å². The van der Waals surface area contributed by atoms with E-state index in [1.807, 2.05) is 12.1 Å². The van der Waals surface area contributed by atoms with Crippen LogP contribution in [0, 0.1) is 28.5 Å². The van der Waals surface area contributed by atoms with E-state index in [2.05, 4.69) is 24.8 Å². The van der Waals surface area contributed by atoms with E-state index in [9.17, 15) is 4.39 Å². The van der Waals surface area contributed by atoms with E-state index in [0.29, 0.717) is 12.3 Å². The predicted molar refractivity (Wildman–Crippen MR) is 70.7 cm³/mol. The van der Waals surface area contributed by atoms with E-state index < -0.39 is 0 Å². The van der Waals surface area contributed by atoms with E-state index in [1.165, 1.54) is 12.1 Å². The van der Waals surface area contributed by atoms with Gasteiger partial charge >= 0.3 is 0 Å². The first kappa shape index (κ1) is 12.9. The van der Waals surface area contributed by atoms with E-state index in [1.54, 1.807) is 0 Å². The third kappa shape index (κ3) is 2.64. The number of nitrogens with zero attached hydrogens (tertiary/aromatic N) is 2. The summed E-state index contributed by atoms with van der Waals surface area (Å²) in [6, 6.07) is 8.95. The standard InChI is InChI=1S/C15H19FN2/c1-15(2)11-18(10-8-12(15)7-9-17)14-5-3-13(16)4-6-14/h3-6,12H,7-8,10-11H2,1-2H3. The van der Waals surface area contributed by atoms with Crippen molar-refractivity contribution in [3.05, 3.63) is 30.1 Å². The van der Waals surface area contributed by atoms with Crippen LogP contribution in [-0.4, -0.2) is 13.1 Å². The molecular formula is C15H19FN2. The molecule has 1 aliphatic heterocycles. The molecule has 0 N–H and O–H groups in total. The molecule has 1 saturated heterocycles. The van der Waals surface area contributed by atoms with Gasteiger partial charge in [0.15, 0.2) is 0 Å². The number of piperidine rings is 1. The summed E-state index contributed by atoms with van der Waals surface area (Å²) in [5.74, 6) is 0.261. The van der Waals surface area contributed by atoms with Crippen LogP contribution in [0.5, 0.6) is 0 Å². The summed E-state index contributed by atoms with van der Waals surface area (Å²) in [6.07, 6.45) is 1.65. The highest BCUT2D eigenvalue weighted by atomic mass is 19.1. The molecule has 0 saturated carbocycles. The number of nitriles is 1. The second-order valence-electron chi connectivity index (χ2n) is 5.73. The fraction of sp³-hybridized carbons (Fsp3) is 0.533. The van der Waals surface area contributed by atoms with Crippen LogP contribution in [0.3, 0.4) is 0 Å². The Morgan fingerprint density at radius 3 is 2.61 bits per heavy atom. The first-order valence-corrected chi connectivity index (χ1v) is 6.40. The average molecular weight is 246 g/mol. The Bertz CT molecular complexity index is 445. The number of hydrogen-bond donors (Lipinski definition) is 0. The molecule has 96 valence electrons. The second kappa shape index (κ2) is 4.97. The first-order chi connectivity index (χ1) is 8.53. The highest BCUT2D eigenvalue weighted by Crippen LogP contribution is 2.38. The van der Waals surface area contributed by atoms with Crippen LogP contribution >= 0.6 is 0 Å². The van der Waals surface area contributed by atoms with Crippen molar-refractivity contribution < 1.29 is 4.39 Å². The third-order valence-corrected chi connectivity index (χ3v) is 3.98. The van der Waals surface area contributed by atoms with Gasteiger partial charge < -0.3 is 4.90 Å². The summed E-state index contributed by atoms with van der Waals surface area (Å²) in [4.78, 5) is 2.29. The Labute approximate surface area is 108 Å². The van der Waals surface area contributed by atoms with Gasteiger partial charge in [-0.25, -0.2) is 4.39 Å². The molecule has 0 amide bonds. The summed E-state index contributed by atoms with van der Waals surface area (Å²) in [6.45, 7) is 6.29. The zero-order valence-corrected chi connectivity index (χ0v) is 11.0. The number of anilines is 1. The smallest absolute Gasteiger partial charge is 0.123 e. The molecule has 0 aromatic heterocycles. The number of hydrogen-bond acceptors (Lipinski definition) is 2. The fourth-order valence-electron chi connectivity index (χ4n) is 2.76. The molecule has 1 aliphatic rings. The average Bonchev–Trinajstić information content (AvgIpc) is 2.32. The normalized spacial score (nSPS) is 22.6. The Kier molecular flexibility index (Phi) is 3.56. The molecule has 1 fully saturated rings. The Hall–Kier alpha value is -1.56. The molecule has 0 spiro atoms. The lowest BCUT2D eigenvalue weighted by atomic mass is 9.72. The minimum Gasteiger partial charge on any atom is -0.371 e. The van der Waals surface area contributed by atoms with Gasteiger partial charge in [-0.1, -0.05) is 13.8 Å². The zero-order valence-electron chi connectivity index (χ0n) is 11.0. The van der Waals surface area contributed by atoms with Gasteiger partial charge in [0.05, 0.1) is 6.07 Å². The largest absolute Gasteiger partial charge is 0.371 e. The quantitative estimate of drug-likeness (QED) is 0.797. The van der Waals surface area contributed by atoms with Gasteiger partial charge in [0.2, 0.25) is 0 Å². The Morgan fingerprint density at radius 2 is 2.06 bits per heavy atom. The highest BCUT2D eigenvalue weighted by Gasteiger charge is 2.35. The van der Waals surface area contributed by atoms with E-state index >= 15 is 0 Å². The van der Waals surface area contributed by atoms with Crippen LogP contribution in [0.4, 0.5) is 10.1 Å². The van der Waals surface area contributed by atoms with E-state index in [-0.39, 0.29) is 11.2 Å². The lowest BCUT2D eigenvalue weighted by Crippen LogP contribution is -2.45. The molecular weight excluding hydrogens is 227 g/mol. The molecule has 1 aromatic carbocycles. The van der Waals surface area contributed by atoms with Crippen molar-refractivity contribution >= 4 is 5.69 Å². The maximum Gasteiger partial charge on any atom is 0.123 e. The molecule has 1 unspecified atom stereocenters. The van der Waals surface area contributed by atoms with Crippen molar-refractivity contribution in [3.63, 3.8) is 0 Å². The lowest BCUT2D eigenvalue weighted by Gasteiger charge is -2.44. The molecule has 0 aliphatic carbocycles. The molecule has 0 bridgehead atoms. The molecule has 1 atom stereocenters. The summed E-state index contributed by atoms with van der Waals surface area (Å²) >= 11 is 0. The van der Waals surface area contributed by atoms with E-state index in [4.69, 9.17) is 5.26 Å². The van der Waals surface area contributed by atoms with Crippen LogP contribution in [0.25, 0.3) is 0 Å². The molecule has 2 rings (SSSR count). The van der Waals surface area contributed by atoms with Crippen LogP contribution in [-0.2, 0) is 0 Å². The van der Waals surface area contributed by atoms with Crippen molar-refractivity contribution in [2.75, 3.05) is 18.0 Å². The van der Waals surface area contributed by atoms with Crippen molar-refractivity contribution in [1.29, 1.82) is 5.26 Å². The number of benzene rings is 1. The van der Waals surface area contributed by atoms with Gasteiger partial charge in [-0.3, -0.25) is 0 Å². The van der Waals surface area contributed by atoms with Gasteiger partial charge in [0, 0.05) is 25.2 Å². The maximum atomic E-state index is 12.9. The minimum absolute atomic E-state index is 0.127. The highest BCUT2D eigenvalue weighted by molar-refractivity contribution is 5.47. The summed E-state index contributed by atoms with van der Waals surface area (Å²) < 4.78 is 12.9. The monoisotopic (exact) mass is 246 g/mol. The van der Waals surface area contributed by atoms with Crippen LogP contribution < -0.4 is 4.90 Å². The van der Waals surface area contributed by atoms with Gasteiger partial charge in [-0.15, -0.1) is 0 Å². The van der Waals surface area contributed by atoms with Crippen LogP contribution in [0.2, 0.25) is 0 Å². The van der Waals surface area contributed by atoms with Gasteiger partial charge in [0.1, 0.15) is 5.82 Å². The maximum absolute atomic E-state index is 12.9. The van der Waals surface area contributed by atoms with Gasteiger partial charge in [-0.2, -0.15) is 5.26 Å². The SMILES string of the molecule is CC1(C)CN(c2ccc(F)cc2)CCC1CC#N. The lowest BCUT2D eigenvalue weighted by molar-refractivity contribution is 0.179. The molecule has 2 nitrogen and oxygen atoms in total. The van der Waals surface area contributed by atoms with Crippen LogP contribution in [0.15, 0.2) is 24.3 Å². The molecule has 18 heavy (non-hydrogen) atoms. The van der Waals surface area contributed by atoms with Crippen molar-refractivity contribution in [2.24, 2.45) is 11.3 Å². The number of rotatable bonds is 2. The molecule has 1 heterocycles. The van der Waals surface area contributed by atoms with Crippen molar-refractivity contribution in [1.82, 2.24) is 0 Å². The molecule has 3 heteroatoms. The van der Waals surface area contributed by atoms with Crippen molar-refractivity contribution in [3.8, 4) is 6.07 Å². The van der Waals surface area contributed by atoms with Crippen LogP contribution in [0.1, 0.15) is 26.7 Å². The predicted octanol–water partition coefficient (Wildman–Crippen LogP) is 3.59. The van der Waals surface area contributed by atoms with E-state index in [0.717, 1.165) is 25.2 Å². The zero-order chi connectivity index (χ0) is 13.2. The summed E-state index contributed by atoms with van der Waals surface area (Å²) in [5.41, 5.74) is 1.20. The fourth-order valence-corrected chi connectivity index (χ4v) is 2.76. The van der Waals surface area contributed by atoms with Gasteiger partial charge in [0.25, 0.3) is 0 Å². The number of halogens is 1. The van der Waals surface area contributed by atoms with Gasteiger partial charge in [-0.05, 0) is 42.0 Å². The Morgan fingerprint density at radius 1 is 1.39 bits per heavy atom. The van der Waals surface area contributed by atoms with Crippen molar-refractivity contribution in [2.45, 2.75) is 26.7 Å². The Balaban J connectivity index is 2.11. The minimum atomic E-state index is -0.197. The summed E-state index contributed by atoms with van der Waals surface area (Å²) in [7, 11) is 0. The molecule has 1 aromatic rings. The third-order valence-electron chi connectivity index (χ3n) is 3.98. The summed E-state index contributed by atoms with van der Waals surface area (Å²) in [5, 5.41) is 8.86. The second-order valence-corrected chi connectivity index (χ2v) is 5.73. The first-order valence-electron chi connectivity index (χ1n) is 6.40. The molecule has 0 radical (unpaired) electrons.